The molecule has 2 rings (SSSR count). The molecule has 0 fully saturated rings. The van der Waals surface area contributed by atoms with Crippen molar-refractivity contribution >= 4 is 36.5 Å². The Morgan fingerprint density at radius 2 is 1.44 bits per heavy atom. The molecule has 43 heavy (non-hydrogen) atoms. The van der Waals surface area contributed by atoms with Crippen molar-refractivity contribution in [3.05, 3.63) is 65.7 Å². The summed E-state index contributed by atoms with van der Waals surface area (Å²) >= 11 is 4.22. The van der Waals surface area contributed by atoms with E-state index < -0.39 is 59.8 Å². The molecule has 4 N–H and O–H groups in total. The van der Waals surface area contributed by atoms with Crippen LogP contribution in [0.15, 0.2) is 54.6 Å². The highest BCUT2D eigenvalue weighted by molar-refractivity contribution is 7.80. The Bertz CT molecular complexity index is 1240. The maximum atomic E-state index is 14.1. The van der Waals surface area contributed by atoms with E-state index in [4.69, 9.17) is 9.47 Å². The number of carbonyl (C=O) groups is 4. The van der Waals surface area contributed by atoms with E-state index in [1.165, 1.54) is 12.1 Å². The average Bonchev–Trinajstić information content (AvgIpc) is 2.90. The second-order valence-corrected chi connectivity index (χ2v) is 12.2. The van der Waals surface area contributed by atoms with Crippen LogP contribution in [0.4, 0.5) is 4.79 Å². The van der Waals surface area contributed by atoms with Gasteiger partial charge in [0, 0.05) is 24.3 Å². The standard InChI is InChI=1S/C31H43N3O8S/c1-30(2,3)41-28(39)22(18-20-12-8-7-9-13-20)32-26(37)25(21-14-10-11-15-24(21)36)34(16-17-35)27(38)23(19-43)33-29(40)42-31(4,5)6/h7-15,22-23,25,35-36,43H,16-19H2,1-6H3,(H,32,37)(H,33,40). The number of hydrogen-bond donors (Lipinski definition) is 5. The third kappa shape index (κ3) is 11.4. The number of phenols is 1. The third-order valence-corrected chi connectivity index (χ3v) is 6.24. The molecule has 0 aliphatic carbocycles. The lowest BCUT2D eigenvalue weighted by molar-refractivity contribution is -0.159. The van der Waals surface area contributed by atoms with Crippen molar-refractivity contribution in [2.24, 2.45) is 0 Å². The van der Waals surface area contributed by atoms with E-state index in [1.807, 2.05) is 6.07 Å². The monoisotopic (exact) mass is 617 g/mol. The first-order valence-electron chi connectivity index (χ1n) is 13.9. The van der Waals surface area contributed by atoms with Crippen LogP contribution in [0.2, 0.25) is 0 Å². The van der Waals surface area contributed by atoms with Gasteiger partial charge >= 0.3 is 12.1 Å². The van der Waals surface area contributed by atoms with Crippen LogP contribution in [-0.2, 0) is 30.3 Å². The SMILES string of the molecule is CC(C)(C)OC(=O)NC(CS)C(=O)N(CCO)C(C(=O)NC(Cc1ccccc1)C(=O)OC(C)(C)C)c1ccccc1O. The Hall–Kier alpha value is -3.77. The molecule has 0 aliphatic rings. The molecular formula is C31H43N3O8S. The van der Waals surface area contributed by atoms with Crippen molar-refractivity contribution in [2.45, 2.75) is 77.3 Å². The quantitative estimate of drug-likeness (QED) is 0.180. The lowest BCUT2D eigenvalue weighted by Gasteiger charge is -2.35. The smallest absolute Gasteiger partial charge is 0.408 e. The largest absolute Gasteiger partial charge is 0.508 e. The van der Waals surface area contributed by atoms with Crippen molar-refractivity contribution < 1.29 is 38.9 Å². The third-order valence-electron chi connectivity index (χ3n) is 5.88. The van der Waals surface area contributed by atoms with Gasteiger partial charge in [0.2, 0.25) is 11.8 Å². The molecule has 0 radical (unpaired) electrons. The molecule has 12 heteroatoms. The summed E-state index contributed by atoms with van der Waals surface area (Å²) in [7, 11) is 0. The number of aliphatic hydroxyl groups is 1. The molecule has 0 saturated heterocycles. The van der Waals surface area contributed by atoms with Crippen molar-refractivity contribution in [3.63, 3.8) is 0 Å². The number of thiol groups is 1. The predicted octanol–water partition coefficient (Wildman–Crippen LogP) is 3.15. The molecular weight excluding hydrogens is 574 g/mol. The van der Waals surface area contributed by atoms with Gasteiger partial charge in [-0.25, -0.2) is 9.59 Å². The molecule has 3 amide bonds. The first-order valence-corrected chi connectivity index (χ1v) is 14.6. The van der Waals surface area contributed by atoms with Crippen molar-refractivity contribution in [1.82, 2.24) is 15.5 Å². The Balaban J connectivity index is 2.53. The number of benzene rings is 2. The van der Waals surface area contributed by atoms with Gasteiger partial charge in [-0.1, -0.05) is 48.5 Å². The Morgan fingerprint density at radius 3 is 1.98 bits per heavy atom. The van der Waals surface area contributed by atoms with Gasteiger partial charge in [-0.15, -0.1) is 0 Å². The van der Waals surface area contributed by atoms with Gasteiger partial charge in [-0.3, -0.25) is 9.59 Å². The number of para-hydroxylation sites is 1. The van der Waals surface area contributed by atoms with E-state index in [1.54, 1.807) is 77.9 Å². The van der Waals surface area contributed by atoms with E-state index >= 15 is 0 Å². The van der Waals surface area contributed by atoms with Crippen molar-refractivity contribution in [2.75, 3.05) is 18.9 Å². The van der Waals surface area contributed by atoms with Gasteiger partial charge in [0.1, 0.15) is 35.1 Å². The van der Waals surface area contributed by atoms with Crippen LogP contribution in [0.3, 0.4) is 0 Å². The number of nitrogens with zero attached hydrogens (tertiary/aromatic N) is 1. The van der Waals surface area contributed by atoms with Gasteiger partial charge in [-0.05, 0) is 53.2 Å². The van der Waals surface area contributed by atoms with Crippen molar-refractivity contribution in [1.29, 1.82) is 0 Å². The highest BCUT2D eigenvalue weighted by Gasteiger charge is 2.39. The van der Waals surface area contributed by atoms with Crippen LogP contribution in [0.25, 0.3) is 0 Å². The lowest BCUT2D eigenvalue weighted by atomic mass is 10.00. The number of nitrogens with one attached hydrogen (secondary N) is 2. The molecule has 0 heterocycles. The lowest BCUT2D eigenvalue weighted by Crippen LogP contribution is -2.56. The summed E-state index contributed by atoms with van der Waals surface area (Å²) < 4.78 is 10.9. The summed E-state index contributed by atoms with van der Waals surface area (Å²) in [6.45, 7) is 9.21. The summed E-state index contributed by atoms with van der Waals surface area (Å²) in [4.78, 5) is 54.7. The average molecular weight is 618 g/mol. The van der Waals surface area contributed by atoms with Crippen LogP contribution >= 0.6 is 12.6 Å². The minimum Gasteiger partial charge on any atom is -0.508 e. The zero-order chi connectivity index (χ0) is 32.4. The maximum Gasteiger partial charge on any atom is 0.408 e. The molecule has 3 atom stereocenters. The van der Waals surface area contributed by atoms with Crippen LogP contribution in [-0.4, -0.2) is 81.2 Å². The summed E-state index contributed by atoms with van der Waals surface area (Å²) in [6.07, 6.45) is -0.789. The summed E-state index contributed by atoms with van der Waals surface area (Å²) in [5, 5.41) is 25.8. The van der Waals surface area contributed by atoms with Gasteiger partial charge in [0.05, 0.1) is 6.61 Å². The van der Waals surface area contributed by atoms with E-state index in [0.717, 1.165) is 10.5 Å². The van der Waals surface area contributed by atoms with Gasteiger partial charge < -0.3 is 35.2 Å². The van der Waals surface area contributed by atoms with Crippen LogP contribution < -0.4 is 10.6 Å². The first-order chi connectivity index (χ1) is 20.1. The Morgan fingerprint density at radius 1 is 0.860 bits per heavy atom. The van der Waals surface area contributed by atoms with Crippen LogP contribution in [0.5, 0.6) is 5.75 Å². The first kappa shape index (κ1) is 35.4. The van der Waals surface area contributed by atoms with Gasteiger partial charge in [-0.2, -0.15) is 12.6 Å². The molecule has 11 nitrogen and oxygen atoms in total. The number of rotatable bonds is 12. The predicted molar refractivity (Wildman–Crippen MR) is 165 cm³/mol. The fourth-order valence-corrected chi connectivity index (χ4v) is 4.39. The van der Waals surface area contributed by atoms with E-state index in [-0.39, 0.29) is 30.0 Å². The van der Waals surface area contributed by atoms with E-state index in [2.05, 4.69) is 23.3 Å². The van der Waals surface area contributed by atoms with Gasteiger partial charge in [0.15, 0.2) is 0 Å². The van der Waals surface area contributed by atoms with Crippen molar-refractivity contribution in [3.8, 4) is 5.75 Å². The number of esters is 1. The minimum absolute atomic E-state index is 0.0413. The Kier molecular flexibility index (Phi) is 12.9. The number of carbonyl (C=O) groups excluding carboxylic acids is 4. The number of hydrogen-bond acceptors (Lipinski definition) is 9. The number of ether oxygens (including phenoxy) is 2. The molecule has 3 unspecified atom stereocenters. The molecule has 2 aromatic carbocycles. The molecule has 0 aliphatic heterocycles. The Labute approximate surface area is 258 Å². The molecule has 236 valence electrons. The second-order valence-electron chi connectivity index (χ2n) is 11.9. The summed E-state index contributed by atoms with van der Waals surface area (Å²) in [5.74, 6) is -2.73. The summed E-state index contributed by atoms with van der Waals surface area (Å²) in [5.41, 5.74) is -0.899. The van der Waals surface area contributed by atoms with E-state index in [9.17, 15) is 29.4 Å². The molecule has 2 aromatic rings. The fourth-order valence-electron chi connectivity index (χ4n) is 4.15. The number of phenolic OH excluding ortho intramolecular Hbond substituents is 1. The number of alkyl carbamates (subject to hydrolysis) is 1. The fraction of sp³-hybridized carbons (Fsp3) is 0.484. The number of aliphatic hydroxyl groups excluding tert-OH is 1. The zero-order valence-corrected chi connectivity index (χ0v) is 26.4. The number of amides is 3. The highest BCUT2D eigenvalue weighted by atomic mass is 32.1. The number of aromatic hydroxyl groups is 1. The molecule has 0 aromatic heterocycles. The normalized spacial score (nSPS) is 13.7. The molecule has 0 spiro atoms. The zero-order valence-electron chi connectivity index (χ0n) is 25.5. The van der Waals surface area contributed by atoms with Crippen LogP contribution in [0, 0.1) is 0 Å². The molecule has 0 bridgehead atoms. The van der Waals surface area contributed by atoms with Gasteiger partial charge in [0.25, 0.3) is 0 Å². The van der Waals surface area contributed by atoms with E-state index in [0.29, 0.717) is 0 Å². The molecule has 0 saturated carbocycles. The maximum absolute atomic E-state index is 14.1. The summed E-state index contributed by atoms with van der Waals surface area (Å²) in [6, 6.07) is 11.0. The second kappa shape index (κ2) is 15.6. The highest BCUT2D eigenvalue weighted by Crippen LogP contribution is 2.30. The van der Waals surface area contributed by atoms with Crippen LogP contribution in [0.1, 0.15) is 58.7 Å². The topological polar surface area (TPSA) is 154 Å². The minimum atomic E-state index is -1.51.